The molecule has 1 rings (SSSR count). The first-order valence-electron chi connectivity index (χ1n) is 3.35. The summed E-state index contributed by atoms with van der Waals surface area (Å²) >= 11 is 1.34. The molecule has 4 nitrogen and oxygen atoms in total. The Bertz CT molecular complexity index is 493. The van der Waals surface area contributed by atoms with Crippen LogP contribution < -0.4 is 0 Å². The minimum Gasteiger partial charge on any atom is -0.506 e. The van der Waals surface area contributed by atoms with Gasteiger partial charge >= 0.3 is 0 Å². The SMILES string of the molecule is O=S(=O)(Cl)c1ncc(O)c(C(F)F)c1I. The minimum atomic E-state index is -4.20. The Morgan fingerprint density at radius 1 is 1.53 bits per heavy atom. The molecule has 1 N–H and O–H groups in total. The topological polar surface area (TPSA) is 67.3 Å². The fourth-order valence-electron chi connectivity index (χ4n) is 0.851. The van der Waals surface area contributed by atoms with Gasteiger partial charge in [0.15, 0.2) is 5.03 Å². The van der Waals surface area contributed by atoms with Crippen LogP contribution in [0.3, 0.4) is 0 Å². The quantitative estimate of drug-likeness (QED) is 0.641. The summed E-state index contributed by atoms with van der Waals surface area (Å²) in [5.41, 5.74) is -0.787. The molecule has 0 saturated heterocycles. The monoisotopic (exact) mass is 369 g/mol. The third kappa shape index (κ3) is 2.67. The van der Waals surface area contributed by atoms with Crippen molar-refractivity contribution in [2.45, 2.75) is 11.5 Å². The lowest BCUT2D eigenvalue weighted by Gasteiger charge is -2.07. The molecule has 0 amide bonds. The zero-order valence-corrected chi connectivity index (χ0v) is 10.5. The number of alkyl halides is 2. The molecule has 0 radical (unpaired) electrons. The van der Waals surface area contributed by atoms with Gasteiger partial charge in [0.2, 0.25) is 0 Å². The smallest absolute Gasteiger partial charge is 0.279 e. The van der Waals surface area contributed by atoms with E-state index in [1.807, 2.05) is 0 Å². The molecule has 0 aliphatic heterocycles. The molecule has 1 aromatic heterocycles. The van der Waals surface area contributed by atoms with E-state index in [-0.39, 0.29) is 3.57 Å². The maximum atomic E-state index is 12.4. The van der Waals surface area contributed by atoms with Crippen molar-refractivity contribution < 1.29 is 22.3 Å². The number of nitrogens with zero attached hydrogens (tertiary/aromatic N) is 1. The zero-order chi connectivity index (χ0) is 11.8. The van der Waals surface area contributed by atoms with Crippen LogP contribution in [0.15, 0.2) is 11.2 Å². The second kappa shape index (κ2) is 4.34. The van der Waals surface area contributed by atoms with E-state index < -0.39 is 31.8 Å². The highest BCUT2D eigenvalue weighted by Gasteiger charge is 2.25. The lowest BCUT2D eigenvalue weighted by Crippen LogP contribution is -2.03. The van der Waals surface area contributed by atoms with Gasteiger partial charge in [-0.25, -0.2) is 22.2 Å². The Kier molecular flexibility index (Phi) is 3.71. The maximum absolute atomic E-state index is 12.4. The van der Waals surface area contributed by atoms with Crippen LogP contribution in [-0.2, 0) is 9.05 Å². The van der Waals surface area contributed by atoms with E-state index >= 15 is 0 Å². The summed E-state index contributed by atoms with van der Waals surface area (Å²) in [5.74, 6) is -0.765. The molecular formula is C6H3ClF2INO3S. The van der Waals surface area contributed by atoms with Crippen LogP contribution in [0.1, 0.15) is 12.0 Å². The van der Waals surface area contributed by atoms with Crippen LogP contribution in [0.4, 0.5) is 8.78 Å². The minimum absolute atomic E-state index is 0.377. The standard InChI is InChI=1S/C6H3ClF2INO3S/c7-15(13,14)6-4(10)3(5(8)9)2(12)1-11-6/h1,5,12H. The van der Waals surface area contributed by atoms with E-state index in [2.05, 4.69) is 4.98 Å². The first-order chi connectivity index (χ1) is 6.75. The fraction of sp³-hybridized carbons (Fsp3) is 0.167. The molecule has 0 spiro atoms. The number of rotatable bonds is 2. The van der Waals surface area contributed by atoms with Crippen molar-refractivity contribution in [3.05, 3.63) is 15.3 Å². The predicted octanol–water partition coefficient (Wildman–Crippen LogP) is 2.26. The molecule has 0 bridgehead atoms. The van der Waals surface area contributed by atoms with Gasteiger partial charge in [-0.2, -0.15) is 0 Å². The van der Waals surface area contributed by atoms with Crippen molar-refractivity contribution in [2.75, 3.05) is 0 Å². The van der Waals surface area contributed by atoms with Crippen LogP contribution in [0.25, 0.3) is 0 Å². The molecule has 15 heavy (non-hydrogen) atoms. The van der Waals surface area contributed by atoms with Crippen LogP contribution in [-0.4, -0.2) is 18.5 Å². The molecule has 1 heterocycles. The highest BCUT2D eigenvalue weighted by molar-refractivity contribution is 14.1. The molecular weight excluding hydrogens is 366 g/mol. The summed E-state index contributed by atoms with van der Waals surface area (Å²) < 4.78 is 46.3. The van der Waals surface area contributed by atoms with E-state index in [4.69, 9.17) is 15.8 Å². The Morgan fingerprint density at radius 3 is 2.47 bits per heavy atom. The summed E-state index contributed by atoms with van der Waals surface area (Å²) in [4.78, 5) is 3.28. The number of aromatic nitrogens is 1. The van der Waals surface area contributed by atoms with E-state index in [1.165, 1.54) is 22.6 Å². The average molecular weight is 370 g/mol. The van der Waals surface area contributed by atoms with E-state index in [0.29, 0.717) is 6.20 Å². The third-order valence-electron chi connectivity index (χ3n) is 1.45. The van der Waals surface area contributed by atoms with Crippen LogP contribution >= 0.6 is 33.3 Å². The summed E-state index contributed by atoms with van der Waals surface area (Å²) in [6.45, 7) is 0. The largest absolute Gasteiger partial charge is 0.506 e. The molecule has 0 aliphatic rings. The Morgan fingerprint density at radius 2 is 2.07 bits per heavy atom. The van der Waals surface area contributed by atoms with Crippen molar-refractivity contribution in [2.24, 2.45) is 0 Å². The lowest BCUT2D eigenvalue weighted by molar-refractivity contribution is 0.145. The van der Waals surface area contributed by atoms with Crippen molar-refractivity contribution in [3.63, 3.8) is 0 Å². The van der Waals surface area contributed by atoms with Gasteiger partial charge in [0.1, 0.15) is 5.75 Å². The summed E-state index contributed by atoms with van der Waals surface area (Å²) in [5, 5.41) is 8.38. The van der Waals surface area contributed by atoms with Crippen LogP contribution in [0, 0.1) is 3.57 Å². The molecule has 0 saturated carbocycles. The normalized spacial score (nSPS) is 12.1. The van der Waals surface area contributed by atoms with Gasteiger partial charge in [-0.3, -0.25) is 0 Å². The number of aromatic hydroxyl groups is 1. The van der Waals surface area contributed by atoms with Gasteiger partial charge in [0, 0.05) is 10.7 Å². The summed E-state index contributed by atoms with van der Waals surface area (Å²) in [6, 6.07) is 0. The van der Waals surface area contributed by atoms with Crippen molar-refractivity contribution in [1.29, 1.82) is 0 Å². The molecule has 0 aliphatic carbocycles. The average Bonchev–Trinajstić information content (AvgIpc) is 2.00. The molecule has 0 aromatic carbocycles. The zero-order valence-electron chi connectivity index (χ0n) is 6.79. The molecule has 9 heteroatoms. The third-order valence-corrected chi connectivity index (χ3v) is 4.12. The Hall–Kier alpha value is -0.220. The lowest BCUT2D eigenvalue weighted by atomic mass is 10.2. The van der Waals surface area contributed by atoms with E-state index in [9.17, 15) is 17.2 Å². The maximum Gasteiger partial charge on any atom is 0.279 e. The van der Waals surface area contributed by atoms with Crippen molar-refractivity contribution in [3.8, 4) is 5.75 Å². The molecule has 1 aromatic rings. The van der Waals surface area contributed by atoms with E-state index in [0.717, 1.165) is 0 Å². The van der Waals surface area contributed by atoms with Gasteiger partial charge in [-0.15, -0.1) is 0 Å². The van der Waals surface area contributed by atoms with Gasteiger partial charge in [-0.1, -0.05) is 0 Å². The first kappa shape index (κ1) is 12.8. The van der Waals surface area contributed by atoms with E-state index in [1.54, 1.807) is 0 Å². The second-order valence-corrected chi connectivity index (χ2v) is 5.97. The summed E-state index contributed by atoms with van der Waals surface area (Å²) in [6.07, 6.45) is -2.38. The molecule has 0 atom stereocenters. The Labute approximate surface area is 102 Å². The predicted molar refractivity (Wildman–Crippen MR) is 56.6 cm³/mol. The van der Waals surface area contributed by atoms with Gasteiger partial charge in [-0.05, 0) is 22.6 Å². The number of halogens is 4. The van der Waals surface area contributed by atoms with Gasteiger partial charge in [0.05, 0.1) is 15.3 Å². The molecule has 0 fully saturated rings. The first-order valence-corrected chi connectivity index (χ1v) is 6.74. The second-order valence-electron chi connectivity index (χ2n) is 2.41. The number of pyridine rings is 1. The Balaban J connectivity index is 3.56. The van der Waals surface area contributed by atoms with Gasteiger partial charge < -0.3 is 5.11 Å². The van der Waals surface area contributed by atoms with Crippen LogP contribution in [0.5, 0.6) is 5.75 Å². The van der Waals surface area contributed by atoms with Crippen molar-refractivity contribution in [1.82, 2.24) is 4.98 Å². The number of hydrogen-bond donors (Lipinski definition) is 1. The fourth-order valence-corrected chi connectivity index (χ4v) is 3.62. The highest BCUT2D eigenvalue weighted by atomic mass is 127. The summed E-state index contributed by atoms with van der Waals surface area (Å²) in [7, 11) is 0.774. The molecule has 84 valence electrons. The number of hydrogen-bond acceptors (Lipinski definition) is 4. The van der Waals surface area contributed by atoms with Crippen LogP contribution in [0.2, 0.25) is 0 Å². The van der Waals surface area contributed by atoms with Gasteiger partial charge in [0.25, 0.3) is 15.5 Å². The molecule has 0 unspecified atom stereocenters. The highest BCUT2D eigenvalue weighted by Crippen LogP contribution is 2.35. The van der Waals surface area contributed by atoms with Crippen molar-refractivity contribution >= 4 is 42.3 Å².